The molecule has 1 aromatic rings. The van der Waals surface area contributed by atoms with E-state index in [1.807, 2.05) is 39.8 Å². The number of hydrogen-bond donors (Lipinski definition) is 3. The molecule has 1 aliphatic rings. The van der Waals surface area contributed by atoms with Crippen molar-refractivity contribution >= 4 is 23.6 Å². The average Bonchev–Trinajstić information content (AvgIpc) is 2.57. The molecule has 1 aliphatic heterocycles. The molecule has 0 unspecified atom stereocenters. The highest BCUT2D eigenvalue weighted by Crippen LogP contribution is 2.46. The van der Waals surface area contributed by atoms with Crippen LogP contribution in [0.25, 0.3) is 0 Å². The molecule has 0 aromatic heterocycles. The van der Waals surface area contributed by atoms with Gasteiger partial charge in [-0.2, -0.15) is 0 Å². The lowest BCUT2D eigenvalue weighted by atomic mass is 9.66. The third-order valence-electron chi connectivity index (χ3n) is 5.68. The summed E-state index contributed by atoms with van der Waals surface area (Å²) in [5.74, 6) is -0.506. The van der Waals surface area contributed by atoms with Crippen molar-refractivity contribution < 1.29 is 19.8 Å². The van der Waals surface area contributed by atoms with Crippen LogP contribution < -0.4 is 5.32 Å². The number of benzene rings is 1. The Morgan fingerprint density at radius 2 is 1.85 bits per heavy atom. The fourth-order valence-corrected chi connectivity index (χ4v) is 3.94. The van der Waals surface area contributed by atoms with E-state index in [1.54, 1.807) is 17.0 Å². The van der Waals surface area contributed by atoms with Gasteiger partial charge in [0, 0.05) is 30.1 Å². The molecule has 0 aliphatic carbocycles. The second kappa shape index (κ2) is 8.07. The number of hydrogen-bond acceptors (Lipinski definition) is 3. The minimum absolute atomic E-state index is 0.00420. The van der Waals surface area contributed by atoms with E-state index in [0.29, 0.717) is 24.5 Å². The van der Waals surface area contributed by atoms with Gasteiger partial charge in [0.15, 0.2) is 0 Å². The Labute approximate surface area is 165 Å². The lowest BCUT2D eigenvalue weighted by Gasteiger charge is -2.51. The summed E-state index contributed by atoms with van der Waals surface area (Å²) in [5.41, 5.74) is -0.853. The lowest BCUT2D eigenvalue weighted by Crippen LogP contribution is -2.58. The first-order valence-electron chi connectivity index (χ1n) is 9.22. The normalized spacial score (nSPS) is 23.1. The van der Waals surface area contributed by atoms with Crippen molar-refractivity contribution in [3.05, 3.63) is 34.9 Å². The molecular weight excluding hydrogens is 368 g/mol. The van der Waals surface area contributed by atoms with Crippen molar-refractivity contribution in [2.75, 3.05) is 19.6 Å². The summed E-state index contributed by atoms with van der Waals surface area (Å²) in [6.45, 7) is 8.60. The summed E-state index contributed by atoms with van der Waals surface area (Å²) in [4.78, 5) is 25.6. The average molecular weight is 397 g/mol. The summed E-state index contributed by atoms with van der Waals surface area (Å²) < 4.78 is 0. The maximum absolute atomic E-state index is 13.0. The van der Waals surface area contributed by atoms with Crippen molar-refractivity contribution in [2.24, 2.45) is 17.3 Å². The standard InChI is InChI=1S/C20H29ClN2O4/c1-13(2)16(11-22-18(25)26)17(24)23-10-9-20(27,19(3,4)12-23)14-5-7-15(21)8-6-14/h5-8,13,16,22,27H,9-12H2,1-4H3,(H,25,26)/t16-,20-/m0/s1. The number of halogens is 1. The highest BCUT2D eigenvalue weighted by Gasteiger charge is 2.50. The topological polar surface area (TPSA) is 89.9 Å². The number of carbonyl (C=O) groups is 2. The first-order valence-corrected chi connectivity index (χ1v) is 9.60. The number of amides is 2. The van der Waals surface area contributed by atoms with Gasteiger partial charge in [0.1, 0.15) is 0 Å². The largest absolute Gasteiger partial charge is 0.465 e. The lowest BCUT2D eigenvalue weighted by molar-refractivity contribution is -0.157. The SMILES string of the molecule is CC(C)[C@H](CNC(=O)O)C(=O)N1CC[C@](O)(c2ccc(Cl)cc2)C(C)(C)C1. The van der Waals surface area contributed by atoms with Crippen LogP contribution in [0.15, 0.2) is 24.3 Å². The molecule has 1 fully saturated rings. The van der Waals surface area contributed by atoms with Crippen LogP contribution in [0.1, 0.15) is 39.7 Å². The van der Waals surface area contributed by atoms with Crippen LogP contribution in [-0.4, -0.2) is 46.7 Å². The van der Waals surface area contributed by atoms with E-state index in [-0.39, 0.29) is 18.4 Å². The van der Waals surface area contributed by atoms with Crippen LogP contribution in [0.3, 0.4) is 0 Å². The Kier molecular flexibility index (Phi) is 6.43. The van der Waals surface area contributed by atoms with Gasteiger partial charge in [-0.3, -0.25) is 4.79 Å². The highest BCUT2D eigenvalue weighted by atomic mass is 35.5. The Balaban J connectivity index is 2.18. The van der Waals surface area contributed by atoms with E-state index in [9.17, 15) is 14.7 Å². The van der Waals surface area contributed by atoms with Gasteiger partial charge in [0.2, 0.25) is 5.91 Å². The van der Waals surface area contributed by atoms with Crippen LogP contribution in [0.4, 0.5) is 4.79 Å². The third-order valence-corrected chi connectivity index (χ3v) is 5.93. The molecular formula is C20H29ClN2O4. The summed E-state index contributed by atoms with van der Waals surface area (Å²) in [6, 6.07) is 7.17. The predicted octanol–water partition coefficient (Wildman–Crippen LogP) is 3.33. The quantitative estimate of drug-likeness (QED) is 0.712. The molecule has 150 valence electrons. The van der Waals surface area contributed by atoms with E-state index in [1.165, 1.54) is 0 Å². The van der Waals surface area contributed by atoms with E-state index in [4.69, 9.17) is 16.7 Å². The second-order valence-corrected chi connectivity index (χ2v) is 8.73. The number of likely N-dealkylation sites (tertiary alicyclic amines) is 1. The highest BCUT2D eigenvalue weighted by molar-refractivity contribution is 6.30. The number of nitrogens with one attached hydrogen (secondary N) is 1. The molecule has 1 heterocycles. The number of nitrogens with zero attached hydrogens (tertiary/aromatic N) is 1. The maximum atomic E-state index is 13.0. The van der Waals surface area contributed by atoms with Crippen LogP contribution in [-0.2, 0) is 10.4 Å². The molecule has 0 radical (unpaired) electrons. The van der Waals surface area contributed by atoms with Crippen LogP contribution in [0.2, 0.25) is 5.02 Å². The minimum Gasteiger partial charge on any atom is -0.465 e. The molecule has 0 saturated carbocycles. The van der Waals surface area contributed by atoms with Crippen LogP contribution >= 0.6 is 11.6 Å². The van der Waals surface area contributed by atoms with Gasteiger partial charge in [-0.15, -0.1) is 0 Å². The molecule has 0 spiro atoms. The first-order chi connectivity index (χ1) is 12.5. The first kappa shape index (κ1) is 21.5. The fourth-order valence-electron chi connectivity index (χ4n) is 3.81. The molecule has 6 nitrogen and oxygen atoms in total. The zero-order valence-corrected chi connectivity index (χ0v) is 17.1. The third kappa shape index (κ3) is 4.55. The van der Waals surface area contributed by atoms with Crippen molar-refractivity contribution in [1.82, 2.24) is 10.2 Å². The Morgan fingerprint density at radius 3 is 2.33 bits per heavy atom. The minimum atomic E-state index is -1.13. The predicted molar refractivity (Wildman–Crippen MR) is 105 cm³/mol. The Hall–Kier alpha value is -1.79. The molecule has 2 atom stereocenters. The molecule has 0 bridgehead atoms. The molecule has 2 rings (SSSR count). The number of carbonyl (C=O) groups excluding carboxylic acids is 1. The Bertz CT molecular complexity index is 690. The van der Waals surface area contributed by atoms with Gasteiger partial charge in [0.25, 0.3) is 0 Å². The van der Waals surface area contributed by atoms with Gasteiger partial charge < -0.3 is 20.4 Å². The summed E-state index contributed by atoms with van der Waals surface area (Å²) in [5, 5.41) is 23.2. The van der Waals surface area contributed by atoms with Gasteiger partial charge in [-0.1, -0.05) is 51.4 Å². The molecule has 27 heavy (non-hydrogen) atoms. The van der Waals surface area contributed by atoms with Crippen LogP contribution in [0, 0.1) is 17.3 Å². The summed E-state index contributed by atoms with van der Waals surface area (Å²) in [6.07, 6.45) is -0.727. The van der Waals surface area contributed by atoms with Crippen molar-refractivity contribution in [3.8, 4) is 0 Å². The van der Waals surface area contributed by atoms with Gasteiger partial charge in [-0.05, 0) is 30.0 Å². The second-order valence-electron chi connectivity index (χ2n) is 8.30. The molecule has 1 saturated heterocycles. The maximum Gasteiger partial charge on any atom is 0.404 e. The van der Waals surface area contributed by atoms with E-state index < -0.39 is 23.0 Å². The van der Waals surface area contributed by atoms with Crippen molar-refractivity contribution in [3.63, 3.8) is 0 Å². The van der Waals surface area contributed by atoms with Gasteiger partial charge in [0.05, 0.1) is 11.5 Å². The van der Waals surface area contributed by atoms with Crippen molar-refractivity contribution in [2.45, 2.75) is 39.7 Å². The molecule has 2 amide bonds. The van der Waals surface area contributed by atoms with E-state index in [2.05, 4.69) is 5.32 Å². The van der Waals surface area contributed by atoms with Crippen molar-refractivity contribution in [1.29, 1.82) is 0 Å². The zero-order chi connectivity index (χ0) is 20.4. The molecule has 7 heteroatoms. The number of piperidine rings is 1. The summed E-state index contributed by atoms with van der Waals surface area (Å²) >= 11 is 5.97. The molecule has 3 N–H and O–H groups in total. The number of carboxylic acid groups (broad SMARTS) is 1. The van der Waals surface area contributed by atoms with E-state index >= 15 is 0 Å². The van der Waals surface area contributed by atoms with Gasteiger partial charge in [-0.25, -0.2) is 4.79 Å². The number of aliphatic hydroxyl groups is 1. The summed E-state index contributed by atoms with van der Waals surface area (Å²) in [7, 11) is 0. The molecule has 1 aromatic carbocycles. The monoisotopic (exact) mass is 396 g/mol. The smallest absolute Gasteiger partial charge is 0.404 e. The van der Waals surface area contributed by atoms with E-state index in [0.717, 1.165) is 5.56 Å². The Morgan fingerprint density at radius 1 is 1.26 bits per heavy atom. The zero-order valence-electron chi connectivity index (χ0n) is 16.3. The van der Waals surface area contributed by atoms with Gasteiger partial charge >= 0.3 is 6.09 Å². The van der Waals surface area contributed by atoms with Crippen LogP contribution in [0.5, 0.6) is 0 Å². The fraction of sp³-hybridized carbons (Fsp3) is 0.600. The number of rotatable bonds is 5.